The number of benzene rings is 1. The number of hydrogen-bond donors (Lipinski definition) is 3. The van der Waals surface area contributed by atoms with E-state index in [9.17, 15) is 18.4 Å². The number of alkyl halides is 2. The minimum atomic E-state index is -2.52. The van der Waals surface area contributed by atoms with E-state index >= 15 is 0 Å². The number of urea groups is 1. The Morgan fingerprint density at radius 1 is 1.35 bits per heavy atom. The Hall–Kier alpha value is -1.83. The number of hydrogen-bond acceptors (Lipinski definition) is 3. The highest BCUT2D eigenvalue weighted by Gasteiger charge is 2.07. The smallest absolute Gasteiger partial charge is 0.319 e. The number of carbonyl (C=O) groups is 2. The minimum Gasteiger partial charge on any atom is -0.481 e. The number of thioether (sulfide) groups is 1. The van der Waals surface area contributed by atoms with Crippen molar-refractivity contribution in [2.45, 2.75) is 23.5 Å². The zero-order chi connectivity index (χ0) is 15.0. The molecule has 2 amide bonds. The fourth-order valence-corrected chi connectivity index (χ4v) is 1.92. The van der Waals surface area contributed by atoms with Crippen LogP contribution in [-0.2, 0) is 4.79 Å². The van der Waals surface area contributed by atoms with Crippen LogP contribution in [0.4, 0.5) is 19.3 Å². The van der Waals surface area contributed by atoms with Crippen LogP contribution in [0.2, 0.25) is 0 Å². The molecule has 0 aliphatic carbocycles. The highest BCUT2D eigenvalue weighted by atomic mass is 32.2. The molecule has 0 radical (unpaired) electrons. The van der Waals surface area contributed by atoms with Gasteiger partial charge in [-0.3, -0.25) is 4.79 Å². The molecule has 8 heteroatoms. The lowest BCUT2D eigenvalue weighted by Crippen LogP contribution is -2.29. The van der Waals surface area contributed by atoms with Crippen molar-refractivity contribution in [3.05, 3.63) is 24.3 Å². The molecule has 20 heavy (non-hydrogen) atoms. The van der Waals surface area contributed by atoms with E-state index in [0.29, 0.717) is 28.8 Å². The second-order valence-corrected chi connectivity index (χ2v) is 4.85. The van der Waals surface area contributed by atoms with Gasteiger partial charge in [0.05, 0.1) is 0 Å². The molecule has 1 aromatic carbocycles. The summed E-state index contributed by atoms with van der Waals surface area (Å²) >= 11 is 0.394. The average Bonchev–Trinajstić information content (AvgIpc) is 2.34. The second kappa shape index (κ2) is 8.36. The Labute approximate surface area is 118 Å². The van der Waals surface area contributed by atoms with Crippen LogP contribution in [0.5, 0.6) is 0 Å². The molecule has 0 atom stereocenters. The van der Waals surface area contributed by atoms with E-state index < -0.39 is 17.8 Å². The quantitative estimate of drug-likeness (QED) is 0.534. The standard InChI is InChI=1S/C12H14F2N2O3S/c13-11(14)20-9-4-1-3-8(7-9)16-12(19)15-6-2-5-10(17)18/h1,3-4,7,11H,2,5-6H2,(H,17,18)(H2,15,16,19). The predicted octanol–water partition coefficient (Wildman–Crippen LogP) is 2.99. The van der Waals surface area contributed by atoms with E-state index in [1.807, 2.05) is 0 Å². The normalized spacial score (nSPS) is 10.3. The summed E-state index contributed by atoms with van der Waals surface area (Å²) in [5, 5.41) is 13.4. The third-order valence-electron chi connectivity index (χ3n) is 2.17. The first-order valence-corrected chi connectivity index (χ1v) is 6.67. The van der Waals surface area contributed by atoms with Crippen LogP contribution in [0, 0.1) is 0 Å². The van der Waals surface area contributed by atoms with Crippen molar-refractivity contribution in [2.75, 3.05) is 11.9 Å². The molecular weight excluding hydrogens is 290 g/mol. The number of carboxylic acid groups (broad SMARTS) is 1. The van der Waals surface area contributed by atoms with Gasteiger partial charge in [-0.2, -0.15) is 8.78 Å². The number of amides is 2. The van der Waals surface area contributed by atoms with Crippen LogP contribution in [0.3, 0.4) is 0 Å². The summed E-state index contributed by atoms with van der Waals surface area (Å²) in [6.07, 6.45) is 0.296. The predicted molar refractivity (Wildman–Crippen MR) is 72.2 cm³/mol. The van der Waals surface area contributed by atoms with Crippen LogP contribution < -0.4 is 10.6 Å². The van der Waals surface area contributed by atoms with E-state index in [0.717, 1.165) is 0 Å². The molecule has 0 unspecified atom stereocenters. The number of halogens is 2. The molecule has 0 aliphatic heterocycles. The van der Waals surface area contributed by atoms with Gasteiger partial charge in [0, 0.05) is 23.5 Å². The van der Waals surface area contributed by atoms with Crippen molar-refractivity contribution < 1.29 is 23.5 Å². The average molecular weight is 304 g/mol. The highest BCUT2D eigenvalue weighted by molar-refractivity contribution is 7.99. The first-order chi connectivity index (χ1) is 9.47. The van der Waals surface area contributed by atoms with Crippen molar-refractivity contribution >= 4 is 29.4 Å². The fourth-order valence-electron chi connectivity index (χ4n) is 1.37. The molecule has 0 aromatic heterocycles. The summed E-state index contributed by atoms with van der Waals surface area (Å²) in [5.41, 5.74) is 0.395. The lowest BCUT2D eigenvalue weighted by molar-refractivity contribution is -0.137. The van der Waals surface area contributed by atoms with E-state index in [1.54, 1.807) is 12.1 Å². The molecule has 3 N–H and O–H groups in total. The van der Waals surface area contributed by atoms with Gasteiger partial charge in [-0.05, 0) is 24.6 Å². The zero-order valence-corrected chi connectivity index (χ0v) is 11.3. The van der Waals surface area contributed by atoms with Gasteiger partial charge in [0.15, 0.2) is 0 Å². The Morgan fingerprint density at radius 2 is 2.10 bits per heavy atom. The molecule has 0 fully saturated rings. The van der Waals surface area contributed by atoms with Gasteiger partial charge in [0.1, 0.15) is 0 Å². The monoisotopic (exact) mass is 304 g/mol. The maximum atomic E-state index is 12.2. The molecule has 0 saturated heterocycles. The maximum absolute atomic E-state index is 12.2. The van der Waals surface area contributed by atoms with Gasteiger partial charge >= 0.3 is 12.0 Å². The minimum absolute atomic E-state index is 0.0270. The van der Waals surface area contributed by atoms with Crippen LogP contribution in [-0.4, -0.2) is 29.4 Å². The lowest BCUT2D eigenvalue weighted by Gasteiger charge is -2.08. The van der Waals surface area contributed by atoms with Crippen LogP contribution >= 0.6 is 11.8 Å². The summed E-state index contributed by atoms with van der Waals surface area (Å²) in [6, 6.07) is 5.59. The summed E-state index contributed by atoms with van der Waals surface area (Å²) in [7, 11) is 0. The lowest BCUT2D eigenvalue weighted by atomic mass is 10.3. The van der Waals surface area contributed by atoms with Gasteiger partial charge in [-0.1, -0.05) is 17.8 Å². The first-order valence-electron chi connectivity index (χ1n) is 5.79. The Balaban J connectivity index is 2.39. The summed E-state index contributed by atoms with van der Waals surface area (Å²) < 4.78 is 24.4. The van der Waals surface area contributed by atoms with E-state index in [4.69, 9.17) is 5.11 Å². The number of nitrogens with one attached hydrogen (secondary N) is 2. The largest absolute Gasteiger partial charge is 0.481 e. The Morgan fingerprint density at radius 3 is 2.75 bits per heavy atom. The van der Waals surface area contributed by atoms with Crippen molar-refractivity contribution in [1.82, 2.24) is 5.32 Å². The van der Waals surface area contributed by atoms with Crippen molar-refractivity contribution in [3.63, 3.8) is 0 Å². The van der Waals surface area contributed by atoms with Crippen LogP contribution in [0.1, 0.15) is 12.8 Å². The van der Waals surface area contributed by atoms with Gasteiger partial charge < -0.3 is 15.7 Å². The zero-order valence-electron chi connectivity index (χ0n) is 10.4. The SMILES string of the molecule is O=C(O)CCCNC(=O)Nc1cccc(SC(F)F)c1. The van der Waals surface area contributed by atoms with Crippen LogP contribution in [0.15, 0.2) is 29.2 Å². The molecular formula is C12H14F2N2O3S. The molecule has 0 spiro atoms. The van der Waals surface area contributed by atoms with Crippen molar-refractivity contribution in [1.29, 1.82) is 0 Å². The highest BCUT2D eigenvalue weighted by Crippen LogP contribution is 2.27. The summed E-state index contributed by atoms with van der Waals surface area (Å²) in [6.45, 7) is 0.226. The van der Waals surface area contributed by atoms with Crippen molar-refractivity contribution in [3.8, 4) is 0 Å². The van der Waals surface area contributed by atoms with Crippen molar-refractivity contribution in [2.24, 2.45) is 0 Å². The number of aliphatic carboxylic acids is 1. The molecule has 1 rings (SSSR count). The van der Waals surface area contributed by atoms with Gasteiger partial charge in [-0.15, -0.1) is 0 Å². The molecule has 110 valence electrons. The number of anilines is 1. The van der Waals surface area contributed by atoms with E-state index in [2.05, 4.69) is 10.6 Å². The first kappa shape index (κ1) is 16.2. The van der Waals surface area contributed by atoms with Gasteiger partial charge in [0.2, 0.25) is 0 Å². The summed E-state index contributed by atoms with van der Waals surface area (Å²) in [5.74, 6) is -3.45. The molecule has 0 bridgehead atoms. The Kier molecular flexibility index (Phi) is 6.78. The number of rotatable bonds is 7. The molecule has 0 heterocycles. The molecule has 0 aliphatic rings. The number of carboxylic acids is 1. The maximum Gasteiger partial charge on any atom is 0.319 e. The van der Waals surface area contributed by atoms with Gasteiger partial charge in [0.25, 0.3) is 5.76 Å². The fraction of sp³-hybridized carbons (Fsp3) is 0.333. The third kappa shape index (κ3) is 6.93. The van der Waals surface area contributed by atoms with E-state index in [-0.39, 0.29) is 13.0 Å². The van der Waals surface area contributed by atoms with Crippen LogP contribution in [0.25, 0.3) is 0 Å². The Bertz CT molecular complexity index is 472. The molecule has 5 nitrogen and oxygen atoms in total. The van der Waals surface area contributed by atoms with E-state index in [1.165, 1.54) is 12.1 Å². The number of carbonyl (C=O) groups excluding carboxylic acids is 1. The molecule has 0 saturated carbocycles. The third-order valence-corrected chi connectivity index (χ3v) is 2.87. The topological polar surface area (TPSA) is 78.4 Å². The second-order valence-electron chi connectivity index (χ2n) is 3.78. The summed E-state index contributed by atoms with van der Waals surface area (Å²) in [4.78, 5) is 22.1. The molecule has 1 aromatic rings. The van der Waals surface area contributed by atoms with Gasteiger partial charge in [-0.25, -0.2) is 4.79 Å².